The second-order valence-electron chi connectivity index (χ2n) is 2.13. The Morgan fingerprint density at radius 2 is 1.64 bits per heavy atom. The van der Waals surface area contributed by atoms with Gasteiger partial charge in [-0.3, -0.25) is 0 Å². The van der Waals surface area contributed by atoms with Crippen LogP contribution in [0.2, 0.25) is 0 Å². The molecule has 68 valence electrons. The van der Waals surface area contributed by atoms with Crippen molar-refractivity contribution >= 4 is 0 Å². The maximum absolute atomic E-state index is 11.8. The Morgan fingerprint density at radius 1 is 1.18 bits per heavy atom. The monoisotopic (exact) mass is 178 g/mol. The van der Waals surface area contributed by atoms with E-state index < -0.39 is 25.3 Å². The predicted molar refractivity (Wildman–Crippen MR) is 27.5 cm³/mol. The lowest BCUT2D eigenvalue weighted by atomic mass is 10.4. The molecule has 0 N–H and O–H groups in total. The van der Waals surface area contributed by atoms with Gasteiger partial charge in [0.25, 0.3) is 5.92 Å². The molecule has 0 fully saturated rings. The summed E-state index contributed by atoms with van der Waals surface area (Å²) < 4.78 is 61.6. The molecule has 11 heavy (non-hydrogen) atoms. The highest BCUT2D eigenvalue weighted by Crippen LogP contribution is 2.20. The van der Waals surface area contributed by atoms with E-state index in [4.69, 9.17) is 0 Å². The highest BCUT2D eigenvalue weighted by atomic mass is 19.3. The lowest BCUT2D eigenvalue weighted by Gasteiger charge is -2.16. The number of alkyl halides is 5. The van der Waals surface area contributed by atoms with Crippen molar-refractivity contribution in [3.05, 3.63) is 0 Å². The van der Waals surface area contributed by atoms with Crippen molar-refractivity contribution in [1.29, 1.82) is 0 Å². The first kappa shape index (κ1) is 10.6. The fourth-order valence-electron chi connectivity index (χ4n) is 0.271. The van der Waals surface area contributed by atoms with Crippen LogP contribution < -0.4 is 0 Å². The molecule has 6 heteroatoms. The van der Waals surface area contributed by atoms with E-state index in [-0.39, 0.29) is 0 Å². The van der Waals surface area contributed by atoms with E-state index in [1.54, 1.807) is 0 Å². The number of rotatable bonds is 4. The summed E-state index contributed by atoms with van der Waals surface area (Å²) in [5, 5.41) is 0. The van der Waals surface area contributed by atoms with Crippen LogP contribution in [-0.2, 0) is 4.74 Å². The van der Waals surface area contributed by atoms with Gasteiger partial charge in [-0.15, -0.1) is 0 Å². The van der Waals surface area contributed by atoms with E-state index in [9.17, 15) is 22.0 Å². The maximum atomic E-state index is 11.8. The van der Waals surface area contributed by atoms with Crippen molar-refractivity contribution in [2.75, 3.05) is 13.3 Å². The van der Waals surface area contributed by atoms with Gasteiger partial charge >= 0.3 is 6.11 Å². The van der Waals surface area contributed by atoms with Crippen molar-refractivity contribution in [1.82, 2.24) is 0 Å². The Kier molecular flexibility index (Phi) is 3.22. The average Bonchev–Trinajstić information content (AvgIpc) is 1.83. The Morgan fingerprint density at radius 3 is 1.91 bits per heavy atom. The van der Waals surface area contributed by atoms with Crippen molar-refractivity contribution in [2.24, 2.45) is 0 Å². The highest BCUT2D eigenvalue weighted by Gasteiger charge is 2.34. The summed E-state index contributed by atoms with van der Waals surface area (Å²) in [5.74, 6) is -3.36. The fraction of sp³-hybridized carbons (Fsp3) is 1.00. The first-order chi connectivity index (χ1) is 4.77. The van der Waals surface area contributed by atoms with E-state index in [0.717, 1.165) is 0 Å². The molecule has 0 saturated carbocycles. The molecule has 0 spiro atoms. The van der Waals surface area contributed by atoms with Crippen LogP contribution in [0.25, 0.3) is 0 Å². The molecule has 0 aliphatic carbocycles. The molecule has 0 aromatic heterocycles. The minimum Gasteiger partial charge on any atom is -0.312 e. The molecule has 0 aliphatic rings. The lowest BCUT2D eigenvalue weighted by molar-refractivity contribution is -0.269. The third-order valence-corrected chi connectivity index (χ3v) is 0.692. The van der Waals surface area contributed by atoms with Gasteiger partial charge in [-0.2, -0.15) is 8.78 Å². The van der Waals surface area contributed by atoms with Crippen LogP contribution in [0.5, 0.6) is 0 Å². The molecule has 0 bridgehead atoms. The van der Waals surface area contributed by atoms with Crippen LogP contribution in [0, 0.1) is 0 Å². The van der Waals surface area contributed by atoms with Crippen molar-refractivity contribution in [3.63, 3.8) is 0 Å². The summed E-state index contributed by atoms with van der Waals surface area (Å²) in [5.41, 5.74) is 0. The average molecular weight is 178 g/mol. The minimum absolute atomic E-state index is 0.404. The van der Waals surface area contributed by atoms with Crippen LogP contribution in [-0.4, -0.2) is 25.3 Å². The molecule has 0 amide bonds. The van der Waals surface area contributed by atoms with Crippen LogP contribution >= 0.6 is 0 Å². The van der Waals surface area contributed by atoms with Gasteiger partial charge < -0.3 is 4.74 Å². The Labute approximate surface area is 60.1 Å². The smallest absolute Gasteiger partial charge is 0.312 e. The summed E-state index contributed by atoms with van der Waals surface area (Å²) in [7, 11) is 0. The Bertz CT molecular complexity index is 119. The zero-order valence-corrected chi connectivity index (χ0v) is 5.71. The van der Waals surface area contributed by atoms with E-state index in [0.29, 0.717) is 6.92 Å². The summed E-state index contributed by atoms with van der Waals surface area (Å²) >= 11 is 0. The molecule has 0 saturated heterocycles. The van der Waals surface area contributed by atoms with Gasteiger partial charge in [0.05, 0.1) is 0 Å². The predicted octanol–water partition coefficient (Wildman–Crippen LogP) is 2.22. The molecular weight excluding hydrogens is 171 g/mol. The zero-order valence-electron chi connectivity index (χ0n) is 5.71. The fourth-order valence-corrected chi connectivity index (χ4v) is 0.271. The molecule has 0 aromatic carbocycles. The normalized spacial score (nSPS) is 13.6. The van der Waals surface area contributed by atoms with Crippen LogP contribution in [0.15, 0.2) is 0 Å². The van der Waals surface area contributed by atoms with Gasteiger partial charge in [0.2, 0.25) is 0 Å². The van der Waals surface area contributed by atoms with Gasteiger partial charge in [-0.25, -0.2) is 13.2 Å². The van der Waals surface area contributed by atoms with E-state index in [2.05, 4.69) is 4.74 Å². The Hall–Kier alpha value is -0.390. The maximum Gasteiger partial charge on any atom is 0.384 e. The summed E-state index contributed by atoms with van der Waals surface area (Å²) in [6, 6.07) is 0. The molecule has 0 heterocycles. The summed E-state index contributed by atoms with van der Waals surface area (Å²) in [6.45, 7) is -3.17. The van der Waals surface area contributed by atoms with Crippen molar-refractivity contribution < 1.29 is 26.7 Å². The van der Waals surface area contributed by atoms with Crippen LogP contribution in [0.1, 0.15) is 6.92 Å². The van der Waals surface area contributed by atoms with Gasteiger partial charge in [0.15, 0.2) is 6.67 Å². The lowest BCUT2D eigenvalue weighted by Crippen LogP contribution is -2.30. The van der Waals surface area contributed by atoms with Crippen LogP contribution in [0.3, 0.4) is 0 Å². The number of ether oxygens (including phenoxy) is 1. The largest absolute Gasteiger partial charge is 0.384 e. The molecule has 0 aliphatic heterocycles. The van der Waals surface area contributed by atoms with Gasteiger partial charge in [-0.05, 0) is 0 Å². The summed E-state index contributed by atoms with van der Waals surface area (Å²) in [6.07, 6.45) is -4.10. The third kappa shape index (κ3) is 6.03. The SMILES string of the molecule is CC(F)(F)COC(F)(F)CF. The standard InChI is InChI=1S/C5H7F5O/c1-4(7,8)3-11-5(9,10)2-6/h2-3H2,1H3. The van der Waals surface area contributed by atoms with Gasteiger partial charge in [0.1, 0.15) is 6.61 Å². The van der Waals surface area contributed by atoms with Crippen molar-refractivity contribution in [3.8, 4) is 0 Å². The molecule has 0 unspecified atom stereocenters. The summed E-state index contributed by atoms with van der Waals surface area (Å²) in [4.78, 5) is 0. The Balaban J connectivity index is 3.70. The minimum atomic E-state index is -4.10. The molecule has 0 atom stereocenters. The number of halogens is 5. The molecule has 0 radical (unpaired) electrons. The molecule has 0 rings (SSSR count). The second-order valence-corrected chi connectivity index (χ2v) is 2.13. The second kappa shape index (κ2) is 3.34. The quantitative estimate of drug-likeness (QED) is 0.599. The van der Waals surface area contributed by atoms with Crippen LogP contribution in [0.4, 0.5) is 22.0 Å². The van der Waals surface area contributed by atoms with E-state index >= 15 is 0 Å². The third-order valence-electron chi connectivity index (χ3n) is 0.692. The first-order valence-corrected chi connectivity index (χ1v) is 2.72. The number of hydrogen-bond acceptors (Lipinski definition) is 1. The first-order valence-electron chi connectivity index (χ1n) is 2.72. The van der Waals surface area contributed by atoms with Gasteiger partial charge in [-0.1, -0.05) is 0 Å². The van der Waals surface area contributed by atoms with Crippen molar-refractivity contribution in [2.45, 2.75) is 19.0 Å². The van der Waals surface area contributed by atoms with Gasteiger partial charge in [0, 0.05) is 6.92 Å². The molecule has 0 aromatic rings. The zero-order chi connectivity index (χ0) is 9.12. The highest BCUT2D eigenvalue weighted by molar-refractivity contribution is 4.58. The number of hydrogen-bond donors (Lipinski definition) is 0. The molecule has 1 nitrogen and oxygen atoms in total. The van der Waals surface area contributed by atoms with E-state index in [1.807, 2.05) is 0 Å². The topological polar surface area (TPSA) is 9.23 Å². The van der Waals surface area contributed by atoms with E-state index in [1.165, 1.54) is 0 Å². The molecular formula is C5H7F5O.